The number of hydrogen-bond donors (Lipinski definition) is 1. The molecule has 0 unspecified atom stereocenters. The van der Waals surface area contributed by atoms with Gasteiger partial charge in [0.1, 0.15) is 5.82 Å². The van der Waals surface area contributed by atoms with Crippen molar-refractivity contribution in [3.63, 3.8) is 0 Å². The molecule has 6 nitrogen and oxygen atoms in total. The third-order valence-corrected chi connectivity index (χ3v) is 1.83. The van der Waals surface area contributed by atoms with Gasteiger partial charge in [-0.3, -0.25) is 0 Å². The third-order valence-electron chi connectivity index (χ3n) is 1.83. The lowest BCUT2D eigenvalue weighted by Gasteiger charge is -2.06. The van der Waals surface area contributed by atoms with E-state index < -0.39 is 5.97 Å². The van der Waals surface area contributed by atoms with Crippen LogP contribution in [-0.2, 0) is 9.47 Å². The maximum Gasteiger partial charge on any atom is 0.376 e. The van der Waals surface area contributed by atoms with Crippen molar-refractivity contribution >= 4 is 11.8 Å². The summed E-state index contributed by atoms with van der Waals surface area (Å²) in [6.07, 6.45) is 0. The second kappa shape index (κ2) is 6.02. The Hall–Kier alpha value is -1.69. The van der Waals surface area contributed by atoms with Crippen molar-refractivity contribution in [2.24, 2.45) is 0 Å². The average Bonchev–Trinajstić information content (AvgIpc) is 2.27. The molecule has 6 heteroatoms. The largest absolute Gasteiger partial charge is 0.463 e. The molecule has 1 aromatic rings. The molecule has 0 saturated carbocycles. The summed E-state index contributed by atoms with van der Waals surface area (Å²) in [5.41, 5.74) is 0.704. The molecular weight excluding hydrogens is 210 g/mol. The van der Waals surface area contributed by atoms with E-state index in [1.807, 2.05) is 0 Å². The monoisotopic (exact) mass is 225 g/mol. The molecule has 0 saturated heterocycles. The summed E-state index contributed by atoms with van der Waals surface area (Å²) in [4.78, 5) is 19.2. The van der Waals surface area contributed by atoms with Gasteiger partial charge in [0.25, 0.3) is 0 Å². The molecule has 0 aliphatic carbocycles. The highest BCUT2D eigenvalue weighted by atomic mass is 16.5. The molecule has 1 rings (SSSR count). The lowest BCUT2D eigenvalue weighted by atomic mass is 10.4. The maximum atomic E-state index is 11.2. The predicted molar refractivity (Wildman–Crippen MR) is 58.5 cm³/mol. The van der Waals surface area contributed by atoms with Crippen molar-refractivity contribution in [1.29, 1.82) is 0 Å². The van der Waals surface area contributed by atoms with Crippen molar-refractivity contribution in [1.82, 2.24) is 9.97 Å². The number of esters is 1. The number of anilines is 1. The molecule has 0 aliphatic heterocycles. The number of aryl methyl sites for hydroxylation is 1. The highest BCUT2D eigenvalue weighted by Gasteiger charge is 2.10. The summed E-state index contributed by atoms with van der Waals surface area (Å²) in [6, 6.07) is 1.75. The Morgan fingerprint density at radius 3 is 2.81 bits per heavy atom. The fourth-order valence-electron chi connectivity index (χ4n) is 1.12. The van der Waals surface area contributed by atoms with Crippen molar-refractivity contribution in [2.75, 3.05) is 32.7 Å². The van der Waals surface area contributed by atoms with Gasteiger partial charge >= 0.3 is 5.97 Å². The minimum absolute atomic E-state index is 0.0578. The van der Waals surface area contributed by atoms with E-state index in [9.17, 15) is 4.79 Å². The van der Waals surface area contributed by atoms with E-state index in [0.29, 0.717) is 24.7 Å². The minimum atomic E-state index is -0.543. The summed E-state index contributed by atoms with van der Waals surface area (Å²) < 4.78 is 9.45. The minimum Gasteiger partial charge on any atom is -0.463 e. The second-order valence-corrected chi connectivity index (χ2v) is 3.13. The van der Waals surface area contributed by atoms with Crippen molar-refractivity contribution in [3.05, 3.63) is 17.6 Å². The molecule has 0 atom stereocenters. The van der Waals surface area contributed by atoms with Gasteiger partial charge in [-0.1, -0.05) is 0 Å². The standard InChI is InChI=1S/C10H15N3O3/c1-7-6-8(11-4-5-15-2)13-9(12-7)10(14)16-3/h6H,4-5H2,1-3H3,(H,11,12,13). The maximum absolute atomic E-state index is 11.2. The van der Waals surface area contributed by atoms with Crippen LogP contribution >= 0.6 is 0 Å². The molecule has 0 radical (unpaired) electrons. The average molecular weight is 225 g/mol. The summed E-state index contributed by atoms with van der Waals surface area (Å²) in [5.74, 6) is 0.103. The first-order valence-corrected chi connectivity index (χ1v) is 4.84. The zero-order valence-corrected chi connectivity index (χ0v) is 9.61. The van der Waals surface area contributed by atoms with Crippen LogP contribution in [-0.4, -0.2) is 43.3 Å². The van der Waals surface area contributed by atoms with E-state index in [1.165, 1.54) is 7.11 Å². The molecule has 1 heterocycles. The van der Waals surface area contributed by atoms with Crippen molar-refractivity contribution in [2.45, 2.75) is 6.92 Å². The first-order chi connectivity index (χ1) is 7.67. The molecule has 0 amide bonds. The summed E-state index contributed by atoms with van der Waals surface area (Å²) in [7, 11) is 2.92. The van der Waals surface area contributed by atoms with Gasteiger partial charge in [0, 0.05) is 25.4 Å². The molecule has 0 spiro atoms. The van der Waals surface area contributed by atoms with E-state index in [0.717, 1.165) is 0 Å². The fourth-order valence-corrected chi connectivity index (χ4v) is 1.12. The predicted octanol–water partition coefficient (Wildman–Crippen LogP) is 0.630. The Kier molecular flexibility index (Phi) is 4.65. The van der Waals surface area contributed by atoms with Gasteiger partial charge in [0.05, 0.1) is 13.7 Å². The van der Waals surface area contributed by atoms with Crippen LogP contribution in [0.25, 0.3) is 0 Å². The number of nitrogens with one attached hydrogen (secondary N) is 1. The molecule has 0 fully saturated rings. The number of nitrogens with zero attached hydrogens (tertiary/aromatic N) is 2. The Bertz CT molecular complexity index is 368. The number of carbonyl (C=O) groups excluding carboxylic acids is 1. The first kappa shape index (κ1) is 12.4. The molecular formula is C10H15N3O3. The van der Waals surface area contributed by atoms with Gasteiger partial charge < -0.3 is 14.8 Å². The van der Waals surface area contributed by atoms with Crippen LogP contribution in [0, 0.1) is 6.92 Å². The van der Waals surface area contributed by atoms with Crippen LogP contribution < -0.4 is 5.32 Å². The number of carbonyl (C=O) groups is 1. The summed E-state index contributed by atoms with van der Waals surface area (Å²) in [5, 5.41) is 3.02. The Balaban J connectivity index is 2.77. The van der Waals surface area contributed by atoms with Crippen LogP contribution in [0.1, 0.15) is 16.3 Å². The van der Waals surface area contributed by atoms with Crippen LogP contribution in [0.3, 0.4) is 0 Å². The zero-order valence-electron chi connectivity index (χ0n) is 9.61. The normalized spacial score (nSPS) is 9.94. The molecule has 1 N–H and O–H groups in total. The smallest absolute Gasteiger partial charge is 0.376 e. The lowest BCUT2D eigenvalue weighted by molar-refractivity contribution is 0.0586. The highest BCUT2D eigenvalue weighted by Crippen LogP contribution is 2.06. The van der Waals surface area contributed by atoms with Gasteiger partial charge in [-0.05, 0) is 6.92 Å². The fraction of sp³-hybridized carbons (Fsp3) is 0.500. The van der Waals surface area contributed by atoms with Crippen LogP contribution in [0.15, 0.2) is 6.07 Å². The molecule has 88 valence electrons. The van der Waals surface area contributed by atoms with Gasteiger partial charge in [-0.2, -0.15) is 0 Å². The van der Waals surface area contributed by atoms with Crippen LogP contribution in [0.5, 0.6) is 0 Å². The van der Waals surface area contributed by atoms with Gasteiger partial charge in [-0.15, -0.1) is 0 Å². The molecule has 0 aromatic carbocycles. The van der Waals surface area contributed by atoms with Crippen molar-refractivity contribution < 1.29 is 14.3 Å². The van der Waals surface area contributed by atoms with Crippen LogP contribution in [0.2, 0.25) is 0 Å². The van der Waals surface area contributed by atoms with E-state index in [1.54, 1.807) is 20.1 Å². The second-order valence-electron chi connectivity index (χ2n) is 3.13. The topological polar surface area (TPSA) is 73.3 Å². The molecule has 0 bridgehead atoms. The number of methoxy groups -OCH3 is 2. The summed E-state index contributed by atoms with van der Waals surface area (Å²) in [6.45, 7) is 2.97. The van der Waals surface area contributed by atoms with Crippen molar-refractivity contribution in [3.8, 4) is 0 Å². The molecule has 16 heavy (non-hydrogen) atoms. The Labute approximate surface area is 94.0 Å². The van der Waals surface area contributed by atoms with Gasteiger partial charge in [0.15, 0.2) is 0 Å². The number of rotatable bonds is 5. The van der Waals surface area contributed by atoms with Gasteiger partial charge in [0.2, 0.25) is 5.82 Å². The third kappa shape index (κ3) is 3.47. The van der Waals surface area contributed by atoms with Gasteiger partial charge in [-0.25, -0.2) is 14.8 Å². The Morgan fingerprint density at radius 2 is 2.19 bits per heavy atom. The Morgan fingerprint density at radius 1 is 1.44 bits per heavy atom. The molecule has 1 aromatic heterocycles. The number of hydrogen-bond acceptors (Lipinski definition) is 6. The zero-order chi connectivity index (χ0) is 12.0. The SMILES string of the molecule is COCCNc1cc(C)nc(C(=O)OC)n1. The van der Waals surface area contributed by atoms with Crippen LogP contribution in [0.4, 0.5) is 5.82 Å². The van der Waals surface area contributed by atoms with E-state index in [4.69, 9.17) is 4.74 Å². The highest BCUT2D eigenvalue weighted by molar-refractivity contribution is 5.85. The number of aromatic nitrogens is 2. The van der Waals surface area contributed by atoms with E-state index in [-0.39, 0.29) is 5.82 Å². The molecule has 0 aliphatic rings. The van der Waals surface area contributed by atoms with E-state index in [2.05, 4.69) is 20.0 Å². The summed E-state index contributed by atoms with van der Waals surface area (Å²) >= 11 is 0. The quantitative estimate of drug-likeness (QED) is 0.585. The van der Waals surface area contributed by atoms with E-state index >= 15 is 0 Å². The number of ether oxygens (including phenoxy) is 2. The first-order valence-electron chi connectivity index (χ1n) is 4.84. The lowest BCUT2D eigenvalue weighted by Crippen LogP contribution is -2.13.